The summed E-state index contributed by atoms with van der Waals surface area (Å²) in [7, 11) is 0. The van der Waals surface area contributed by atoms with Gasteiger partial charge >= 0.3 is 0 Å². The number of fused-ring (bicyclic) bond motifs is 1. The molecule has 0 spiro atoms. The van der Waals surface area contributed by atoms with Crippen molar-refractivity contribution in [3.05, 3.63) is 58.4 Å². The van der Waals surface area contributed by atoms with Gasteiger partial charge in [-0.05, 0) is 67.6 Å². The third-order valence-corrected chi connectivity index (χ3v) is 6.61. The zero-order chi connectivity index (χ0) is 19.1. The minimum absolute atomic E-state index is 0.195. The lowest BCUT2D eigenvalue weighted by Gasteiger charge is -2.23. The first-order chi connectivity index (χ1) is 13.0. The van der Waals surface area contributed by atoms with E-state index in [1.165, 1.54) is 0 Å². The molecule has 0 bridgehead atoms. The predicted octanol–water partition coefficient (Wildman–Crippen LogP) is 4.74. The normalized spacial score (nSPS) is 25.1. The minimum Gasteiger partial charge on any atom is -0.487 e. The molecule has 2 aliphatic carbocycles. The first kappa shape index (κ1) is 18.3. The number of amides is 1. The van der Waals surface area contributed by atoms with Crippen LogP contribution in [0.25, 0.3) is 0 Å². The molecule has 2 N–H and O–H groups in total. The molecule has 4 rings (SSSR count). The molecule has 3 atom stereocenters. The highest BCUT2D eigenvalue weighted by molar-refractivity contribution is 6.32. The molecule has 4 nitrogen and oxygen atoms in total. The van der Waals surface area contributed by atoms with Gasteiger partial charge in [0.15, 0.2) is 5.75 Å². The van der Waals surface area contributed by atoms with Crippen LogP contribution in [0.2, 0.25) is 5.02 Å². The summed E-state index contributed by atoms with van der Waals surface area (Å²) in [5, 5.41) is 0.626. The van der Waals surface area contributed by atoms with Crippen molar-refractivity contribution in [3.63, 3.8) is 0 Å². The number of hydrogen-bond donors (Lipinski definition) is 1. The molecule has 27 heavy (non-hydrogen) atoms. The van der Waals surface area contributed by atoms with Gasteiger partial charge in [-0.25, -0.2) is 0 Å². The molecule has 0 aliphatic heterocycles. The Labute approximate surface area is 165 Å². The number of halogens is 1. The van der Waals surface area contributed by atoms with Crippen LogP contribution in [0.5, 0.6) is 5.75 Å². The molecule has 1 amide bonds. The first-order valence-corrected chi connectivity index (χ1v) is 10.1. The van der Waals surface area contributed by atoms with E-state index in [1.807, 2.05) is 25.1 Å². The first-order valence-electron chi connectivity index (χ1n) is 9.67. The number of primary amides is 1. The Kier molecular flexibility index (Phi) is 4.85. The van der Waals surface area contributed by atoms with Crippen LogP contribution in [-0.4, -0.2) is 17.0 Å². The highest BCUT2D eigenvalue weighted by Crippen LogP contribution is 2.64. The van der Waals surface area contributed by atoms with Gasteiger partial charge in [-0.15, -0.1) is 0 Å². The summed E-state index contributed by atoms with van der Waals surface area (Å²) in [5.74, 6) is 2.67. The minimum atomic E-state index is -0.335. The molecule has 5 heteroatoms. The average molecular weight is 385 g/mol. The second-order valence-corrected chi connectivity index (χ2v) is 8.20. The summed E-state index contributed by atoms with van der Waals surface area (Å²) in [6.07, 6.45) is 4.99. The van der Waals surface area contributed by atoms with Crippen molar-refractivity contribution < 1.29 is 9.53 Å². The van der Waals surface area contributed by atoms with Gasteiger partial charge in [-0.1, -0.05) is 36.7 Å². The quantitative estimate of drug-likeness (QED) is 0.782. The van der Waals surface area contributed by atoms with E-state index in [1.54, 1.807) is 12.3 Å². The van der Waals surface area contributed by atoms with Crippen molar-refractivity contribution in [2.45, 2.75) is 45.1 Å². The highest BCUT2D eigenvalue weighted by Gasteiger charge is 2.59. The second kappa shape index (κ2) is 7.16. The van der Waals surface area contributed by atoms with Crippen LogP contribution in [0.1, 0.15) is 53.7 Å². The van der Waals surface area contributed by atoms with Crippen LogP contribution >= 0.6 is 11.6 Å². The van der Waals surface area contributed by atoms with Crippen LogP contribution in [0.15, 0.2) is 36.5 Å². The van der Waals surface area contributed by atoms with E-state index in [9.17, 15) is 4.79 Å². The zero-order valence-corrected chi connectivity index (χ0v) is 16.4. The van der Waals surface area contributed by atoms with Crippen LogP contribution in [0.3, 0.4) is 0 Å². The Morgan fingerprint density at radius 3 is 2.63 bits per heavy atom. The standard InChI is InChI=1S/C22H25ClN2O2/c1-3-14(15-6-4-5-7-16(15)22(24)26)20-17-10-13(11-18(17)20)27-21-12(2)25-9-8-19(21)23/h4-9,13-14,17-18,20H,3,10-11H2,1-2H3,(H2,24,26)/t13?,14-,17+,18+,20?/m1/s1. The summed E-state index contributed by atoms with van der Waals surface area (Å²) in [6, 6.07) is 9.57. The molecule has 0 radical (unpaired) electrons. The molecule has 2 saturated carbocycles. The SMILES string of the molecule is CC[C@H](c1ccccc1C(N)=O)C1[C@H]2CC(Oc3c(Cl)ccnc3C)C[C@H]12. The fourth-order valence-corrected chi connectivity index (χ4v) is 5.35. The lowest BCUT2D eigenvalue weighted by molar-refractivity contribution is 0.0998. The van der Waals surface area contributed by atoms with Gasteiger partial charge in [-0.2, -0.15) is 0 Å². The number of nitrogens with two attached hydrogens (primary N) is 1. The summed E-state index contributed by atoms with van der Waals surface area (Å²) >= 11 is 6.28. The van der Waals surface area contributed by atoms with Crippen LogP contribution in [-0.2, 0) is 0 Å². The van der Waals surface area contributed by atoms with Crippen molar-refractivity contribution in [2.24, 2.45) is 23.5 Å². The molecule has 0 saturated heterocycles. The summed E-state index contributed by atoms with van der Waals surface area (Å²) in [6.45, 7) is 4.12. The molecule has 2 aromatic rings. The van der Waals surface area contributed by atoms with Gasteiger partial charge in [0.1, 0.15) is 0 Å². The largest absolute Gasteiger partial charge is 0.487 e. The monoisotopic (exact) mass is 384 g/mol. The summed E-state index contributed by atoms with van der Waals surface area (Å²) < 4.78 is 6.20. The molecule has 1 aromatic heterocycles. The molecule has 2 fully saturated rings. The fraction of sp³-hybridized carbons (Fsp3) is 0.455. The number of carbonyl (C=O) groups is 1. The van der Waals surface area contributed by atoms with Crippen molar-refractivity contribution in [2.75, 3.05) is 0 Å². The molecule has 142 valence electrons. The van der Waals surface area contributed by atoms with Crippen LogP contribution in [0, 0.1) is 24.7 Å². The number of aryl methyl sites for hydroxylation is 1. The number of hydrogen-bond acceptors (Lipinski definition) is 3. The maximum atomic E-state index is 11.8. The van der Waals surface area contributed by atoms with Crippen molar-refractivity contribution in [3.8, 4) is 5.75 Å². The van der Waals surface area contributed by atoms with Crippen molar-refractivity contribution >= 4 is 17.5 Å². The number of ether oxygens (including phenoxy) is 1. The molecule has 2 aliphatic rings. The number of aromatic nitrogens is 1. The van der Waals surface area contributed by atoms with Gasteiger partial charge in [-0.3, -0.25) is 9.78 Å². The van der Waals surface area contributed by atoms with Crippen LogP contribution in [0.4, 0.5) is 0 Å². The van der Waals surface area contributed by atoms with Crippen molar-refractivity contribution in [1.29, 1.82) is 0 Å². The smallest absolute Gasteiger partial charge is 0.248 e. The Morgan fingerprint density at radius 2 is 2.00 bits per heavy atom. The number of nitrogens with zero attached hydrogens (tertiary/aromatic N) is 1. The topological polar surface area (TPSA) is 65.2 Å². The molecule has 1 heterocycles. The van der Waals surface area contributed by atoms with E-state index in [2.05, 4.69) is 18.0 Å². The van der Waals surface area contributed by atoms with E-state index < -0.39 is 0 Å². The number of rotatable bonds is 6. The number of benzene rings is 1. The predicted molar refractivity (Wildman–Crippen MR) is 106 cm³/mol. The average Bonchev–Trinajstić information content (AvgIpc) is 3.12. The Morgan fingerprint density at radius 1 is 1.30 bits per heavy atom. The Bertz CT molecular complexity index is 837. The highest BCUT2D eigenvalue weighted by atomic mass is 35.5. The van der Waals surface area contributed by atoms with E-state index in [4.69, 9.17) is 22.1 Å². The Hall–Kier alpha value is -2.07. The second-order valence-electron chi connectivity index (χ2n) is 7.79. The fourth-order valence-electron chi connectivity index (χ4n) is 5.11. The summed E-state index contributed by atoms with van der Waals surface area (Å²) in [5.41, 5.74) is 8.21. The maximum absolute atomic E-state index is 11.8. The third kappa shape index (κ3) is 3.31. The van der Waals surface area contributed by atoms with E-state index in [-0.39, 0.29) is 12.0 Å². The van der Waals surface area contributed by atoms with E-state index >= 15 is 0 Å². The van der Waals surface area contributed by atoms with Crippen molar-refractivity contribution in [1.82, 2.24) is 4.98 Å². The van der Waals surface area contributed by atoms with Gasteiger partial charge in [0, 0.05) is 11.8 Å². The van der Waals surface area contributed by atoms with Gasteiger partial charge in [0.25, 0.3) is 0 Å². The molecular formula is C22H25ClN2O2. The zero-order valence-electron chi connectivity index (χ0n) is 15.7. The lowest BCUT2D eigenvalue weighted by atomic mass is 9.84. The number of carbonyl (C=O) groups excluding carboxylic acids is 1. The molecular weight excluding hydrogens is 360 g/mol. The lowest BCUT2D eigenvalue weighted by Crippen LogP contribution is -2.20. The van der Waals surface area contributed by atoms with E-state index in [0.717, 1.165) is 30.5 Å². The Balaban J connectivity index is 1.46. The van der Waals surface area contributed by atoms with Crippen LogP contribution < -0.4 is 10.5 Å². The van der Waals surface area contributed by atoms with Gasteiger partial charge in [0.2, 0.25) is 5.91 Å². The van der Waals surface area contributed by atoms with Gasteiger partial charge < -0.3 is 10.5 Å². The molecule has 1 aromatic carbocycles. The molecule has 0 unspecified atom stereocenters. The van der Waals surface area contributed by atoms with Gasteiger partial charge in [0.05, 0.1) is 16.8 Å². The maximum Gasteiger partial charge on any atom is 0.248 e. The number of pyridine rings is 1. The third-order valence-electron chi connectivity index (χ3n) is 6.32. The van der Waals surface area contributed by atoms with E-state index in [0.29, 0.717) is 40.0 Å². The summed E-state index contributed by atoms with van der Waals surface area (Å²) in [4.78, 5) is 16.1.